The van der Waals surface area contributed by atoms with Crippen molar-refractivity contribution in [3.8, 4) is 0 Å². The average molecular weight is 328 g/mol. The Balaban J connectivity index is 1.70. The first-order valence-electron chi connectivity index (χ1n) is 9.18. The predicted molar refractivity (Wildman–Crippen MR) is 96.0 cm³/mol. The van der Waals surface area contributed by atoms with Gasteiger partial charge in [-0.05, 0) is 49.8 Å². The number of piperidine rings is 1. The first-order valence-corrected chi connectivity index (χ1v) is 9.18. The van der Waals surface area contributed by atoms with Crippen molar-refractivity contribution in [3.05, 3.63) is 29.8 Å². The molecule has 2 aliphatic rings. The molecule has 2 saturated heterocycles. The summed E-state index contributed by atoms with van der Waals surface area (Å²) in [6, 6.07) is 8.47. The van der Waals surface area contributed by atoms with Gasteiger partial charge in [-0.1, -0.05) is 26.0 Å². The van der Waals surface area contributed by atoms with Crippen molar-refractivity contribution in [1.29, 1.82) is 0 Å². The topological polar surface area (TPSA) is 40.6 Å². The number of rotatable bonds is 3. The molecule has 0 aromatic heterocycles. The van der Waals surface area contributed by atoms with Gasteiger partial charge < -0.3 is 9.80 Å². The Labute approximate surface area is 144 Å². The van der Waals surface area contributed by atoms with Crippen molar-refractivity contribution < 1.29 is 9.59 Å². The lowest BCUT2D eigenvalue weighted by molar-refractivity contribution is -0.139. The smallest absolute Gasteiger partial charge is 0.228 e. The van der Waals surface area contributed by atoms with Crippen LogP contribution in [0.1, 0.15) is 57.9 Å². The number of carbonyl (C=O) groups excluding carboxylic acids is 2. The van der Waals surface area contributed by atoms with E-state index in [0.29, 0.717) is 24.9 Å². The molecule has 1 aromatic carbocycles. The van der Waals surface area contributed by atoms with Crippen molar-refractivity contribution in [2.24, 2.45) is 5.92 Å². The molecule has 0 N–H and O–H groups in total. The monoisotopic (exact) mass is 328 g/mol. The molecule has 2 heterocycles. The van der Waals surface area contributed by atoms with Gasteiger partial charge in [0.1, 0.15) is 0 Å². The number of amides is 2. The summed E-state index contributed by atoms with van der Waals surface area (Å²) in [7, 11) is 0. The lowest BCUT2D eigenvalue weighted by atomic mass is 9.99. The van der Waals surface area contributed by atoms with Crippen LogP contribution < -0.4 is 4.90 Å². The lowest BCUT2D eigenvalue weighted by Crippen LogP contribution is -2.45. The summed E-state index contributed by atoms with van der Waals surface area (Å²) in [5.41, 5.74) is 2.17. The van der Waals surface area contributed by atoms with Gasteiger partial charge in [0.15, 0.2) is 0 Å². The Kier molecular flexibility index (Phi) is 4.93. The summed E-state index contributed by atoms with van der Waals surface area (Å²) in [6.45, 7) is 7.79. The van der Waals surface area contributed by atoms with E-state index in [2.05, 4.69) is 32.9 Å². The van der Waals surface area contributed by atoms with Gasteiger partial charge in [0.05, 0.1) is 5.92 Å². The molecular formula is C20H28N2O2. The second kappa shape index (κ2) is 6.96. The van der Waals surface area contributed by atoms with Crippen molar-refractivity contribution in [2.75, 3.05) is 18.0 Å². The molecule has 130 valence electrons. The molecule has 2 fully saturated rings. The molecule has 0 spiro atoms. The Morgan fingerprint density at radius 2 is 1.88 bits per heavy atom. The lowest BCUT2D eigenvalue weighted by Gasteiger charge is -2.35. The van der Waals surface area contributed by atoms with Gasteiger partial charge in [0.25, 0.3) is 0 Å². The van der Waals surface area contributed by atoms with Crippen molar-refractivity contribution >= 4 is 17.5 Å². The standard InChI is InChI=1S/C20H28N2O2/c1-14(2)16-7-9-18(10-8-16)22-13-17(12-19(22)23)20(24)21-11-5-4-6-15(21)3/h7-10,14-15,17H,4-6,11-13H2,1-3H3. The third-order valence-electron chi connectivity index (χ3n) is 5.43. The molecule has 1 aromatic rings. The van der Waals surface area contributed by atoms with Crippen LogP contribution in [0, 0.1) is 5.92 Å². The van der Waals surface area contributed by atoms with E-state index in [-0.39, 0.29) is 17.7 Å². The molecule has 4 heteroatoms. The van der Waals surface area contributed by atoms with Crippen LogP contribution in [0.2, 0.25) is 0 Å². The number of likely N-dealkylation sites (tertiary alicyclic amines) is 1. The van der Waals surface area contributed by atoms with E-state index in [1.165, 1.54) is 12.0 Å². The molecule has 0 aliphatic carbocycles. The number of benzene rings is 1. The van der Waals surface area contributed by atoms with E-state index >= 15 is 0 Å². The van der Waals surface area contributed by atoms with Gasteiger partial charge >= 0.3 is 0 Å². The van der Waals surface area contributed by atoms with E-state index in [4.69, 9.17) is 0 Å². The van der Waals surface area contributed by atoms with Crippen LogP contribution in [0.25, 0.3) is 0 Å². The van der Waals surface area contributed by atoms with Crippen LogP contribution in [0.15, 0.2) is 24.3 Å². The molecule has 4 nitrogen and oxygen atoms in total. The van der Waals surface area contributed by atoms with Crippen LogP contribution in [-0.4, -0.2) is 35.8 Å². The molecule has 2 unspecified atom stereocenters. The molecule has 2 aliphatic heterocycles. The molecule has 2 amide bonds. The van der Waals surface area contributed by atoms with Gasteiger partial charge in [-0.3, -0.25) is 9.59 Å². The van der Waals surface area contributed by atoms with Gasteiger partial charge in [0.2, 0.25) is 11.8 Å². The highest BCUT2D eigenvalue weighted by molar-refractivity contribution is 6.00. The van der Waals surface area contributed by atoms with Gasteiger partial charge in [0, 0.05) is 31.2 Å². The fourth-order valence-electron chi connectivity index (χ4n) is 3.82. The summed E-state index contributed by atoms with van der Waals surface area (Å²) in [6.07, 6.45) is 3.70. The minimum atomic E-state index is -0.192. The highest BCUT2D eigenvalue weighted by Crippen LogP contribution is 2.29. The van der Waals surface area contributed by atoms with Crippen LogP contribution in [0.5, 0.6) is 0 Å². The number of nitrogens with zero attached hydrogens (tertiary/aromatic N) is 2. The van der Waals surface area contributed by atoms with Gasteiger partial charge in [-0.15, -0.1) is 0 Å². The van der Waals surface area contributed by atoms with E-state index < -0.39 is 0 Å². The van der Waals surface area contributed by atoms with Crippen molar-refractivity contribution in [2.45, 2.75) is 58.4 Å². The fourth-order valence-corrected chi connectivity index (χ4v) is 3.82. The Morgan fingerprint density at radius 3 is 2.50 bits per heavy atom. The minimum Gasteiger partial charge on any atom is -0.340 e. The highest BCUT2D eigenvalue weighted by atomic mass is 16.2. The van der Waals surface area contributed by atoms with Crippen LogP contribution >= 0.6 is 0 Å². The van der Waals surface area contributed by atoms with Gasteiger partial charge in [-0.25, -0.2) is 0 Å². The third kappa shape index (κ3) is 3.33. The zero-order valence-electron chi connectivity index (χ0n) is 15.0. The molecule has 0 bridgehead atoms. The maximum absolute atomic E-state index is 12.8. The summed E-state index contributed by atoms with van der Waals surface area (Å²) < 4.78 is 0. The Bertz CT molecular complexity index is 609. The van der Waals surface area contributed by atoms with Gasteiger partial charge in [-0.2, -0.15) is 0 Å². The van der Waals surface area contributed by atoms with E-state index in [1.807, 2.05) is 17.0 Å². The first-order chi connectivity index (χ1) is 11.5. The number of hydrogen-bond donors (Lipinski definition) is 0. The SMILES string of the molecule is CC(C)c1ccc(N2CC(C(=O)N3CCCCC3C)CC2=O)cc1. The second-order valence-corrected chi connectivity index (χ2v) is 7.53. The first kappa shape index (κ1) is 17.0. The number of carbonyl (C=O) groups is 2. The Morgan fingerprint density at radius 1 is 1.17 bits per heavy atom. The molecular weight excluding hydrogens is 300 g/mol. The minimum absolute atomic E-state index is 0.0651. The van der Waals surface area contributed by atoms with E-state index in [9.17, 15) is 9.59 Å². The zero-order chi connectivity index (χ0) is 17.3. The average Bonchev–Trinajstić information content (AvgIpc) is 2.96. The molecule has 24 heavy (non-hydrogen) atoms. The summed E-state index contributed by atoms with van der Waals surface area (Å²) in [5, 5.41) is 0. The van der Waals surface area contributed by atoms with Crippen LogP contribution in [0.3, 0.4) is 0 Å². The summed E-state index contributed by atoms with van der Waals surface area (Å²) >= 11 is 0. The van der Waals surface area contributed by atoms with Crippen molar-refractivity contribution in [1.82, 2.24) is 4.90 Å². The van der Waals surface area contributed by atoms with E-state index in [1.54, 1.807) is 4.90 Å². The number of hydrogen-bond acceptors (Lipinski definition) is 2. The van der Waals surface area contributed by atoms with Crippen molar-refractivity contribution in [3.63, 3.8) is 0 Å². The van der Waals surface area contributed by atoms with Crippen LogP contribution in [0.4, 0.5) is 5.69 Å². The maximum Gasteiger partial charge on any atom is 0.228 e. The molecule has 0 saturated carbocycles. The fraction of sp³-hybridized carbons (Fsp3) is 0.600. The zero-order valence-corrected chi connectivity index (χ0v) is 15.0. The largest absolute Gasteiger partial charge is 0.340 e. The quantitative estimate of drug-likeness (QED) is 0.851. The second-order valence-electron chi connectivity index (χ2n) is 7.53. The highest BCUT2D eigenvalue weighted by Gasteiger charge is 2.38. The molecule has 3 rings (SSSR count). The summed E-state index contributed by atoms with van der Waals surface area (Å²) in [5.74, 6) is 0.512. The predicted octanol–water partition coefficient (Wildman–Crippen LogP) is 3.56. The molecule has 2 atom stereocenters. The number of anilines is 1. The van der Waals surface area contributed by atoms with E-state index in [0.717, 1.165) is 25.1 Å². The summed E-state index contributed by atoms with van der Waals surface area (Å²) in [4.78, 5) is 29.0. The normalized spacial score (nSPS) is 24.8. The van der Waals surface area contributed by atoms with Crippen LogP contribution in [-0.2, 0) is 9.59 Å². The Hall–Kier alpha value is -1.84. The molecule has 0 radical (unpaired) electrons. The maximum atomic E-state index is 12.8. The third-order valence-corrected chi connectivity index (χ3v) is 5.43.